The van der Waals surface area contributed by atoms with Crippen LogP contribution in [0.1, 0.15) is 51.9 Å². The molecule has 5 heteroatoms. The summed E-state index contributed by atoms with van der Waals surface area (Å²) in [7, 11) is 4.02. The summed E-state index contributed by atoms with van der Waals surface area (Å²) in [5, 5.41) is 4.29. The number of anilines is 2. The largest absolute Gasteiger partial charge is 0.378 e. The SMILES string of the molecule is CCc1nc(-c2ccc(N(C)C)cc2Cl)c(CC)nc1NC(CC)CC. The van der Waals surface area contributed by atoms with Crippen molar-refractivity contribution in [2.75, 3.05) is 24.3 Å². The topological polar surface area (TPSA) is 41.1 Å². The summed E-state index contributed by atoms with van der Waals surface area (Å²) in [6.07, 6.45) is 3.79. The first kappa shape index (κ1) is 20.5. The average molecular weight is 375 g/mol. The number of hydrogen-bond acceptors (Lipinski definition) is 4. The van der Waals surface area contributed by atoms with Crippen molar-refractivity contribution in [3.8, 4) is 11.3 Å². The van der Waals surface area contributed by atoms with Gasteiger partial charge in [-0.05, 0) is 43.9 Å². The number of rotatable bonds is 8. The maximum absolute atomic E-state index is 6.59. The minimum atomic E-state index is 0.424. The van der Waals surface area contributed by atoms with Gasteiger partial charge in [0.2, 0.25) is 0 Å². The van der Waals surface area contributed by atoms with Crippen molar-refractivity contribution in [3.05, 3.63) is 34.6 Å². The van der Waals surface area contributed by atoms with E-state index in [1.165, 1.54) is 0 Å². The molecule has 0 spiro atoms. The molecule has 0 saturated carbocycles. The van der Waals surface area contributed by atoms with Crippen molar-refractivity contribution >= 4 is 23.1 Å². The zero-order valence-corrected chi connectivity index (χ0v) is 17.6. The van der Waals surface area contributed by atoms with Gasteiger partial charge in [0.25, 0.3) is 0 Å². The van der Waals surface area contributed by atoms with Crippen LogP contribution in [0.5, 0.6) is 0 Å². The lowest BCUT2D eigenvalue weighted by Crippen LogP contribution is -2.20. The molecule has 1 heterocycles. The fourth-order valence-corrected chi connectivity index (χ4v) is 3.25. The van der Waals surface area contributed by atoms with Crippen molar-refractivity contribution < 1.29 is 0 Å². The minimum Gasteiger partial charge on any atom is -0.378 e. The second-order valence-electron chi connectivity index (χ2n) is 6.74. The Hall–Kier alpha value is -1.81. The van der Waals surface area contributed by atoms with Gasteiger partial charge in [-0.1, -0.05) is 39.3 Å². The molecule has 0 radical (unpaired) electrons. The number of aryl methyl sites for hydroxylation is 2. The predicted octanol–water partition coefficient (Wildman–Crippen LogP) is 5.59. The van der Waals surface area contributed by atoms with Gasteiger partial charge in [0.05, 0.1) is 22.1 Å². The van der Waals surface area contributed by atoms with Crippen molar-refractivity contribution in [1.82, 2.24) is 9.97 Å². The highest BCUT2D eigenvalue weighted by Crippen LogP contribution is 2.33. The van der Waals surface area contributed by atoms with Crippen LogP contribution in [0.3, 0.4) is 0 Å². The molecule has 1 aromatic carbocycles. The fraction of sp³-hybridized carbons (Fsp3) is 0.524. The highest BCUT2D eigenvalue weighted by Gasteiger charge is 2.17. The smallest absolute Gasteiger partial charge is 0.148 e. The van der Waals surface area contributed by atoms with Gasteiger partial charge in [-0.25, -0.2) is 9.97 Å². The molecular formula is C21H31ClN4. The van der Waals surface area contributed by atoms with Crippen LogP contribution in [0.15, 0.2) is 18.2 Å². The van der Waals surface area contributed by atoms with Crippen LogP contribution in [-0.4, -0.2) is 30.1 Å². The van der Waals surface area contributed by atoms with E-state index >= 15 is 0 Å². The van der Waals surface area contributed by atoms with E-state index < -0.39 is 0 Å². The highest BCUT2D eigenvalue weighted by molar-refractivity contribution is 6.33. The lowest BCUT2D eigenvalue weighted by molar-refractivity contribution is 0.665. The van der Waals surface area contributed by atoms with Gasteiger partial charge in [-0.2, -0.15) is 0 Å². The first-order valence-electron chi connectivity index (χ1n) is 9.58. The summed E-state index contributed by atoms with van der Waals surface area (Å²) in [4.78, 5) is 11.9. The molecule has 0 fully saturated rings. The molecular weight excluding hydrogens is 344 g/mol. The Morgan fingerprint density at radius 3 is 2.15 bits per heavy atom. The van der Waals surface area contributed by atoms with Crippen LogP contribution in [-0.2, 0) is 12.8 Å². The van der Waals surface area contributed by atoms with Crippen molar-refractivity contribution in [3.63, 3.8) is 0 Å². The van der Waals surface area contributed by atoms with E-state index in [1.54, 1.807) is 0 Å². The Balaban J connectivity index is 2.52. The highest BCUT2D eigenvalue weighted by atomic mass is 35.5. The number of nitrogens with zero attached hydrogens (tertiary/aromatic N) is 3. The molecule has 1 N–H and O–H groups in total. The Morgan fingerprint density at radius 2 is 1.65 bits per heavy atom. The fourth-order valence-electron chi connectivity index (χ4n) is 2.99. The Labute approximate surface area is 163 Å². The molecule has 0 atom stereocenters. The molecule has 0 aliphatic heterocycles. The molecule has 0 aliphatic rings. The van der Waals surface area contributed by atoms with Crippen LogP contribution in [0.2, 0.25) is 5.02 Å². The van der Waals surface area contributed by atoms with Gasteiger partial charge < -0.3 is 10.2 Å². The van der Waals surface area contributed by atoms with E-state index in [-0.39, 0.29) is 0 Å². The third kappa shape index (κ3) is 4.47. The summed E-state index contributed by atoms with van der Waals surface area (Å²) >= 11 is 6.59. The standard InChI is InChI=1S/C21H31ClN4/c1-7-14(8-2)23-21-19(10-4)24-20(18(9-3)25-21)16-12-11-15(26(5)6)13-17(16)22/h11-14H,7-10H2,1-6H3,(H,23,25). The summed E-state index contributed by atoms with van der Waals surface area (Å²) in [5.74, 6) is 0.919. The number of halogens is 1. The van der Waals surface area contributed by atoms with Crippen LogP contribution < -0.4 is 10.2 Å². The van der Waals surface area contributed by atoms with Crippen LogP contribution in [0, 0.1) is 0 Å². The van der Waals surface area contributed by atoms with Crippen molar-refractivity contribution in [2.24, 2.45) is 0 Å². The molecule has 4 nitrogen and oxygen atoms in total. The van der Waals surface area contributed by atoms with Gasteiger partial charge in [-0.3, -0.25) is 0 Å². The summed E-state index contributed by atoms with van der Waals surface area (Å²) in [6.45, 7) is 8.62. The van der Waals surface area contributed by atoms with Gasteiger partial charge in [-0.15, -0.1) is 0 Å². The molecule has 1 aromatic heterocycles. The van der Waals surface area contributed by atoms with E-state index in [1.807, 2.05) is 31.1 Å². The first-order chi connectivity index (χ1) is 12.4. The van der Waals surface area contributed by atoms with E-state index in [4.69, 9.17) is 21.6 Å². The van der Waals surface area contributed by atoms with Crippen LogP contribution in [0.4, 0.5) is 11.5 Å². The number of benzene rings is 1. The van der Waals surface area contributed by atoms with Gasteiger partial charge in [0.1, 0.15) is 5.82 Å². The van der Waals surface area contributed by atoms with Crippen LogP contribution >= 0.6 is 11.6 Å². The molecule has 2 rings (SSSR count). The monoisotopic (exact) mass is 374 g/mol. The second kappa shape index (κ2) is 9.22. The van der Waals surface area contributed by atoms with Gasteiger partial charge in [0, 0.05) is 31.4 Å². The predicted molar refractivity (Wildman–Crippen MR) is 114 cm³/mol. The van der Waals surface area contributed by atoms with Crippen molar-refractivity contribution in [1.29, 1.82) is 0 Å². The van der Waals surface area contributed by atoms with Crippen molar-refractivity contribution in [2.45, 2.75) is 59.4 Å². The number of aromatic nitrogens is 2. The summed E-state index contributed by atoms with van der Waals surface area (Å²) in [5.41, 5.74) is 4.90. The maximum atomic E-state index is 6.59. The Morgan fingerprint density at radius 1 is 1.00 bits per heavy atom. The maximum Gasteiger partial charge on any atom is 0.148 e. The Bertz CT molecular complexity index is 739. The molecule has 0 saturated heterocycles. The molecule has 0 bridgehead atoms. The second-order valence-corrected chi connectivity index (χ2v) is 7.14. The lowest BCUT2D eigenvalue weighted by atomic mass is 10.1. The molecule has 2 aromatic rings. The third-order valence-electron chi connectivity index (χ3n) is 4.76. The first-order valence-corrected chi connectivity index (χ1v) is 9.96. The van der Waals surface area contributed by atoms with E-state index in [2.05, 4.69) is 39.1 Å². The summed E-state index contributed by atoms with van der Waals surface area (Å²) in [6, 6.07) is 6.53. The minimum absolute atomic E-state index is 0.424. The van der Waals surface area contributed by atoms with Crippen LogP contribution in [0.25, 0.3) is 11.3 Å². The van der Waals surface area contributed by atoms with E-state index in [0.29, 0.717) is 11.1 Å². The summed E-state index contributed by atoms with van der Waals surface area (Å²) < 4.78 is 0. The normalized spacial score (nSPS) is 11.1. The average Bonchev–Trinajstić information content (AvgIpc) is 2.65. The molecule has 26 heavy (non-hydrogen) atoms. The zero-order chi connectivity index (χ0) is 19.3. The lowest BCUT2D eigenvalue weighted by Gasteiger charge is -2.20. The number of nitrogens with one attached hydrogen (secondary N) is 1. The zero-order valence-electron chi connectivity index (χ0n) is 16.9. The molecule has 142 valence electrons. The quantitative estimate of drug-likeness (QED) is 0.654. The van der Waals surface area contributed by atoms with E-state index in [0.717, 1.165) is 59.8 Å². The van der Waals surface area contributed by atoms with Gasteiger partial charge in [0.15, 0.2) is 0 Å². The Kier molecular flexibility index (Phi) is 7.27. The number of hydrogen-bond donors (Lipinski definition) is 1. The van der Waals surface area contributed by atoms with Gasteiger partial charge >= 0.3 is 0 Å². The van der Waals surface area contributed by atoms with E-state index in [9.17, 15) is 0 Å². The molecule has 0 aliphatic carbocycles. The molecule has 0 amide bonds. The molecule has 0 unspecified atom stereocenters. The third-order valence-corrected chi connectivity index (χ3v) is 5.07.